The maximum atomic E-state index is 11.8. The van der Waals surface area contributed by atoms with E-state index in [9.17, 15) is 9.59 Å². The highest BCUT2D eigenvalue weighted by Crippen LogP contribution is 2.32. The summed E-state index contributed by atoms with van der Waals surface area (Å²) in [6.45, 7) is 0. The molecule has 0 aliphatic heterocycles. The van der Waals surface area contributed by atoms with Crippen molar-refractivity contribution >= 4 is 11.9 Å². The fraction of sp³-hybridized carbons (Fsp3) is 0.857. The number of carbonyl (C=O) groups is 2. The molecule has 2 fully saturated rings. The molecule has 4 heteroatoms. The highest BCUT2D eigenvalue weighted by atomic mass is 16.4. The van der Waals surface area contributed by atoms with Gasteiger partial charge in [-0.1, -0.05) is 25.7 Å². The Kier molecular flexibility index (Phi) is 4.25. The van der Waals surface area contributed by atoms with Gasteiger partial charge in [0.15, 0.2) is 0 Å². The molecule has 2 saturated carbocycles. The van der Waals surface area contributed by atoms with Crippen molar-refractivity contribution in [1.29, 1.82) is 0 Å². The Morgan fingerprint density at radius 3 is 2.33 bits per heavy atom. The Hall–Kier alpha value is -1.06. The summed E-state index contributed by atoms with van der Waals surface area (Å²) in [5.74, 6) is -0.164. The molecule has 18 heavy (non-hydrogen) atoms. The summed E-state index contributed by atoms with van der Waals surface area (Å²) in [7, 11) is 0. The van der Waals surface area contributed by atoms with E-state index in [-0.39, 0.29) is 5.91 Å². The van der Waals surface area contributed by atoms with Gasteiger partial charge in [0, 0.05) is 6.42 Å². The van der Waals surface area contributed by atoms with Crippen LogP contribution in [0.1, 0.15) is 64.2 Å². The van der Waals surface area contributed by atoms with E-state index in [0.29, 0.717) is 19.3 Å². The standard InChI is InChI=1S/C14H23NO3/c16-12(8-3-7-11-5-1-2-6-11)15-14(13(17)18)9-4-10-14/h11H,1-10H2,(H,15,16)(H,17,18). The highest BCUT2D eigenvalue weighted by Gasteiger charge is 2.45. The van der Waals surface area contributed by atoms with Crippen LogP contribution in [-0.2, 0) is 9.59 Å². The number of carbonyl (C=O) groups excluding carboxylic acids is 1. The lowest BCUT2D eigenvalue weighted by Gasteiger charge is -2.38. The van der Waals surface area contributed by atoms with Crippen LogP contribution in [0.15, 0.2) is 0 Å². The number of hydrogen-bond donors (Lipinski definition) is 2. The second-order valence-corrected chi connectivity index (χ2v) is 5.83. The molecule has 0 heterocycles. The molecule has 4 nitrogen and oxygen atoms in total. The van der Waals surface area contributed by atoms with Crippen molar-refractivity contribution in [3.63, 3.8) is 0 Å². The second-order valence-electron chi connectivity index (χ2n) is 5.83. The van der Waals surface area contributed by atoms with Gasteiger partial charge in [0.25, 0.3) is 0 Å². The van der Waals surface area contributed by atoms with E-state index in [1.54, 1.807) is 0 Å². The fourth-order valence-electron chi connectivity index (χ4n) is 3.10. The van der Waals surface area contributed by atoms with Crippen molar-refractivity contribution in [2.45, 2.75) is 69.7 Å². The summed E-state index contributed by atoms with van der Waals surface area (Å²) in [5.41, 5.74) is -0.940. The third-order valence-corrected chi connectivity index (χ3v) is 4.49. The fourth-order valence-corrected chi connectivity index (χ4v) is 3.10. The number of nitrogens with one attached hydrogen (secondary N) is 1. The predicted octanol–water partition coefficient (Wildman–Crippen LogP) is 2.47. The van der Waals surface area contributed by atoms with Gasteiger partial charge in [-0.05, 0) is 38.0 Å². The van der Waals surface area contributed by atoms with Crippen LogP contribution in [-0.4, -0.2) is 22.5 Å². The zero-order valence-corrected chi connectivity index (χ0v) is 10.9. The van der Waals surface area contributed by atoms with Crippen molar-refractivity contribution in [1.82, 2.24) is 5.32 Å². The Morgan fingerprint density at radius 1 is 1.17 bits per heavy atom. The van der Waals surface area contributed by atoms with Gasteiger partial charge in [-0.3, -0.25) is 4.79 Å². The van der Waals surface area contributed by atoms with Gasteiger partial charge in [-0.15, -0.1) is 0 Å². The van der Waals surface area contributed by atoms with Crippen LogP contribution in [0.4, 0.5) is 0 Å². The zero-order valence-electron chi connectivity index (χ0n) is 10.9. The largest absolute Gasteiger partial charge is 0.480 e. The van der Waals surface area contributed by atoms with Gasteiger partial charge in [0.1, 0.15) is 5.54 Å². The van der Waals surface area contributed by atoms with Crippen molar-refractivity contribution in [3.05, 3.63) is 0 Å². The van der Waals surface area contributed by atoms with Crippen LogP contribution in [0.3, 0.4) is 0 Å². The van der Waals surface area contributed by atoms with Gasteiger partial charge in [0.2, 0.25) is 5.91 Å². The van der Waals surface area contributed by atoms with Gasteiger partial charge in [-0.2, -0.15) is 0 Å². The summed E-state index contributed by atoms with van der Waals surface area (Å²) in [6.07, 6.45) is 9.83. The molecule has 0 atom stereocenters. The molecule has 102 valence electrons. The van der Waals surface area contributed by atoms with E-state index in [1.165, 1.54) is 25.7 Å². The summed E-state index contributed by atoms with van der Waals surface area (Å²) in [5, 5.41) is 11.8. The predicted molar refractivity (Wildman–Crippen MR) is 68.2 cm³/mol. The van der Waals surface area contributed by atoms with Crippen LogP contribution >= 0.6 is 0 Å². The Balaban J connectivity index is 1.66. The quantitative estimate of drug-likeness (QED) is 0.764. The average Bonchev–Trinajstić information content (AvgIpc) is 2.76. The van der Waals surface area contributed by atoms with Crippen LogP contribution in [0.5, 0.6) is 0 Å². The molecule has 0 aromatic heterocycles. The molecule has 2 aliphatic carbocycles. The van der Waals surface area contributed by atoms with Crippen molar-refractivity contribution in [2.24, 2.45) is 5.92 Å². The molecule has 2 N–H and O–H groups in total. The molecule has 0 saturated heterocycles. The number of rotatable bonds is 6. The number of carboxylic acids is 1. The van der Waals surface area contributed by atoms with E-state index in [2.05, 4.69) is 5.32 Å². The summed E-state index contributed by atoms with van der Waals surface area (Å²) < 4.78 is 0. The molecule has 1 amide bonds. The molecule has 2 rings (SSSR count). The van der Waals surface area contributed by atoms with Crippen LogP contribution in [0.25, 0.3) is 0 Å². The first-order chi connectivity index (χ1) is 8.62. The lowest BCUT2D eigenvalue weighted by atomic mass is 9.76. The summed E-state index contributed by atoms with van der Waals surface area (Å²) in [6, 6.07) is 0. The third-order valence-electron chi connectivity index (χ3n) is 4.49. The van der Waals surface area contributed by atoms with Crippen LogP contribution < -0.4 is 5.32 Å². The van der Waals surface area contributed by atoms with Gasteiger partial charge >= 0.3 is 5.97 Å². The van der Waals surface area contributed by atoms with E-state index >= 15 is 0 Å². The van der Waals surface area contributed by atoms with Crippen LogP contribution in [0, 0.1) is 5.92 Å². The molecule has 0 aromatic rings. The lowest BCUT2D eigenvalue weighted by molar-refractivity contribution is -0.151. The molecule has 0 radical (unpaired) electrons. The first kappa shape index (κ1) is 13.4. The number of hydrogen-bond acceptors (Lipinski definition) is 2. The molecule has 2 aliphatic rings. The number of aliphatic carboxylic acids is 1. The van der Waals surface area contributed by atoms with Crippen molar-refractivity contribution in [3.8, 4) is 0 Å². The monoisotopic (exact) mass is 253 g/mol. The summed E-state index contributed by atoms with van der Waals surface area (Å²) >= 11 is 0. The van der Waals surface area contributed by atoms with Gasteiger partial charge in [0.05, 0.1) is 0 Å². The van der Waals surface area contributed by atoms with Gasteiger partial charge < -0.3 is 10.4 Å². The lowest BCUT2D eigenvalue weighted by Crippen LogP contribution is -2.59. The Bertz CT molecular complexity index is 317. The molecule has 0 aromatic carbocycles. The SMILES string of the molecule is O=C(CCCC1CCCC1)NC1(C(=O)O)CCC1. The first-order valence-corrected chi connectivity index (χ1v) is 7.17. The second kappa shape index (κ2) is 5.72. The minimum absolute atomic E-state index is 0.0879. The first-order valence-electron chi connectivity index (χ1n) is 7.17. The maximum Gasteiger partial charge on any atom is 0.329 e. The molecular weight excluding hydrogens is 230 g/mol. The van der Waals surface area contributed by atoms with E-state index in [4.69, 9.17) is 5.11 Å². The minimum atomic E-state index is -0.940. The summed E-state index contributed by atoms with van der Waals surface area (Å²) in [4.78, 5) is 22.9. The normalized spacial score (nSPS) is 22.4. The molecular formula is C14H23NO3. The number of carboxylic acid groups (broad SMARTS) is 1. The third kappa shape index (κ3) is 3.03. The maximum absolute atomic E-state index is 11.8. The van der Waals surface area contributed by atoms with Gasteiger partial charge in [-0.25, -0.2) is 4.79 Å². The van der Waals surface area contributed by atoms with Crippen molar-refractivity contribution in [2.75, 3.05) is 0 Å². The Labute approximate surface area is 108 Å². The van der Waals surface area contributed by atoms with E-state index < -0.39 is 11.5 Å². The van der Waals surface area contributed by atoms with Crippen LogP contribution in [0.2, 0.25) is 0 Å². The smallest absolute Gasteiger partial charge is 0.329 e. The Morgan fingerprint density at radius 2 is 1.83 bits per heavy atom. The minimum Gasteiger partial charge on any atom is -0.480 e. The van der Waals surface area contributed by atoms with E-state index in [0.717, 1.165) is 25.2 Å². The average molecular weight is 253 g/mol. The highest BCUT2D eigenvalue weighted by molar-refractivity contribution is 5.87. The topological polar surface area (TPSA) is 66.4 Å². The molecule has 0 unspecified atom stereocenters. The molecule has 0 bridgehead atoms. The van der Waals surface area contributed by atoms with Crippen molar-refractivity contribution < 1.29 is 14.7 Å². The number of amides is 1. The zero-order chi connectivity index (χ0) is 13.0. The molecule has 0 spiro atoms. The van der Waals surface area contributed by atoms with E-state index in [1.807, 2.05) is 0 Å².